The SMILES string of the molecule is C#Cc1c(F)ccc2cc(O)cc(-c3ccc4c(N5CCN(C(=O)OC)CC5)nc(OC)nc4c3F)c12.C#Cc1c(F)ccc2cc(O)cc(-c3ccc4c(N5CCOC(C#N)C5)nc(OC)nc4c3F)c12.FC1CC2CCCN2C1.FC1CC2CCCN2C1. The van der Waals surface area contributed by atoms with E-state index in [-0.39, 0.29) is 74.5 Å². The first-order valence-corrected chi connectivity index (χ1v) is 29.6. The zero-order valence-corrected chi connectivity index (χ0v) is 49.7. The summed E-state index contributed by atoms with van der Waals surface area (Å²) in [6.07, 6.45) is 15.7. The van der Waals surface area contributed by atoms with E-state index < -0.39 is 47.8 Å². The Bertz CT molecular complexity index is 4140. The zero-order chi connectivity index (χ0) is 63.5. The molecule has 6 saturated heterocycles. The fraction of sp³-hybridized carbons (Fsp3) is 0.373. The first-order valence-electron chi connectivity index (χ1n) is 29.6. The number of piperazine rings is 1. The number of nitriles is 1. The maximum absolute atomic E-state index is 16.2. The highest BCUT2D eigenvalue weighted by Crippen LogP contribution is 2.43. The van der Waals surface area contributed by atoms with Gasteiger partial charge in [-0.2, -0.15) is 25.2 Å². The van der Waals surface area contributed by atoms with E-state index in [4.69, 9.17) is 31.8 Å². The van der Waals surface area contributed by atoms with E-state index >= 15 is 8.78 Å². The number of carbonyl (C=O) groups is 1. The Balaban J connectivity index is 0.000000144. The molecular formula is C67H64F6N10O7. The van der Waals surface area contributed by atoms with Crippen molar-refractivity contribution in [1.29, 1.82) is 5.26 Å². The van der Waals surface area contributed by atoms with Crippen LogP contribution in [0.3, 0.4) is 0 Å². The summed E-state index contributed by atoms with van der Waals surface area (Å²) in [4.78, 5) is 39.1. The molecule has 0 saturated carbocycles. The van der Waals surface area contributed by atoms with Crippen LogP contribution in [-0.4, -0.2) is 175 Å². The fourth-order valence-electron chi connectivity index (χ4n) is 13.1. The van der Waals surface area contributed by atoms with Gasteiger partial charge in [-0.15, -0.1) is 12.8 Å². The number of nitrogens with zero attached hydrogens (tertiary/aromatic N) is 10. The molecule has 2 aromatic heterocycles. The minimum atomic E-state index is -0.714. The second-order valence-electron chi connectivity index (χ2n) is 22.7. The number of morpholine rings is 1. The van der Waals surface area contributed by atoms with Crippen molar-refractivity contribution >= 4 is 61.1 Å². The molecule has 17 nitrogen and oxygen atoms in total. The topological polar surface area (TPSA) is 186 Å². The molecule has 23 heteroatoms. The molecule has 6 aromatic carbocycles. The lowest BCUT2D eigenvalue weighted by molar-refractivity contribution is 0.0762. The number of aromatic hydroxyl groups is 2. The van der Waals surface area contributed by atoms with Gasteiger partial charge < -0.3 is 43.9 Å². The number of phenolic OH excluding ortho intramolecular Hbond substituents is 2. The van der Waals surface area contributed by atoms with Crippen molar-refractivity contribution in [1.82, 2.24) is 34.6 Å². The third kappa shape index (κ3) is 12.5. The van der Waals surface area contributed by atoms with E-state index in [0.717, 1.165) is 25.9 Å². The smallest absolute Gasteiger partial charge is 0.409 e. The van der Waals surface area contributed by atoms with Gasteiger partial charge in [0.25, 0.3) is 0 Å². The summed E-state index contributed by atoms with van der Waals surface area (Å²) < 4.78 is 107. The quantitative estimate of drug-likeness (QED) is 0.118. The fourth-order valence-corrected chi connectivity index (χ4v) is 13.1. The molecule has 90 heavy (non-hydrogen) atoms. The van der Waals surface area contributed by atoms with Crippen LogP contribution in [0.15, 0.2) is 72.8 Å². The second kappa shape index (κ2) is 26.8. The van der Waals surface area contributed by atoms with Crippen LogP contribution in [0.2, 0.25) is 0 Å². The number of phenols is 2. The lowest BCUT2D eigenvalue weighted by atomic mass is 9.93. The first kappa shape index (κ1) is 62.3. The molecule has 0 aliphatic carbocycles. The van der Waals surface area contributed by atoms with E-state index in [2.05, 4.69) is 47.6 Å². The number of aromatic nitrogens is 4. The number of amides is 1. The van der Waals surface area contributed by atoms with Gasteiger partial charge in [-0.3, -0.25) is 9.80 Å². The van der Waals surface area contributed by atoms with Gasteiger partial charge in [0.2, 0.25) is 0 Å². The Labute approximate surface area is 515 Å². The third-order valence-corrected chi connectivity index (χ3v) is 17.3. The molecule has 6 aliphatic rings. The van der Waals surface area contributed by atoms with E-state index in [1.54, 1.807) is 17.0 Å². The second-order valence-corrected chi connectivity index (χ2v) is 22.7. The van der Waals surface area contributed by atoms with Crippen LogP contribution in [0.25, 0.3) is 65.6 Å². The number of methoxy groups -OCH3 is 3. The van der Waals surface area contributed by atoms with Crippen molar-refractivity contribution in [3.63, 3.8) is 0 Å². The van der Waals surface area contributed by atoms with Gasteiger partial charge in [-0.1, -0.05) is 36.1 Å². The van der Waals surface area contributed by atoms with Crippen molar-refractivity contribution in [3.8, 4) is 76.5 Å². The molecule has 0 spiro atoms. The van der Waals surface area contributed by atoms with Crippen molar-refractivity contribution in [3.05, 3.63) is 107 Å². The predicted octanol–water partition coefficient (Wildman–Crippen LogP) is 10.8. The summed E-state index contributed by atoms with van der Waals surface area (Å²) in [7, 11) is 4.08. The number of anilines is 2. The molecule has 5 atom stereocenters. The van der Waals surface area contributed by atoms with Crippen LogP contribution in [0.5, 0.6) is 23.5 Å². The number of benzene rings is 6. The average Bonchev–Trinajstić information content (AvgIpc) is 1.95. The van der Waals surface area contributed by atoms with Crippen LogP contribution in [0.1, 0.15) is 49.7 Å². The molecule has 8 aromatic rings. The number of halogens is 6. The molecule has 466 valence electrons. The lowest BCUT2D eigenvalue weighted by Gasteiger charge is -2.35. The van der Waals surface area contributed by atoms with Crippen molar-refractivity contribution < 1.29 is 60.3 Å². The molecule has 0 bridgehead atoms. The largest absolute Gasteiger partial charge is 0.508 e. The Morgan fingerprint density at radius 2 is 1.09 bits per heavy atom. The summed E-state index contributed by atoms with van der Waals surface area (Å²) >= 11 is 0. The minimum absolute atomic E-state index is 0.00935. The van der Waals surface area contributed by atoms with E-state index in [0.29, 0.717) is 108 Å². The van der Waals surface area contributed by atoms with Crippen LogP contribution in [0, 0.1) is 59.3 Å². The van der Waals surface area contributed by atoms with E-state index in [9.17, 15) is 37.8 Å². The highest BCUT2D eigenvalue weighted by atomic mass is 19.2. The summed E-state index contributed by atoms with van der Waals surface area (Å²) in [6, 6.07) is 20.5. The molecule has 6 aliphatic heterocycles. The Morgan fingerprint density at radius 3 is 1.52 bits per heavy atom. The predicted molar refractivity (Wildman–Crippen MR) is 329 cm³/mol. The van der Waals surface area contributed by atoms with Crippen LogP contribution < -0.4 is 19.3 Å². The molecule has 5 unspecified atom stereocenters. The van der Waals surface area contributed by atoms with Crippen molar-refractivity contribution in [2.24, 2.45) is 0 Å². The summed E-state index contributed by atoms with van der Waals surface area (Å²) in [6.45, 7) is 6.39. The number of fused-ring (bicyclic) bond motifs is 6. The van der Waals surface area contributed by atoms with Gasteiger partial charge in [-0.25, -0.2) is 31.1 Å². The number of hydrogen-bond acceptors (Lipinski definition) is 16. The molecule has 8 heterocycles. The number of hydrogen-bond donors (Lipinski definition) is 2. The van der Waals surface area contributed by atoms with Gasteiger partial charge in [0, 0.05) is 90.6 Å². The normalized spacial score (nSPS) is 20.4. The standard InChI is InChI=1S/C27H22F2N4O4.C26H18F2N4O3.2C7H12FN/c1-4-17-21(28)8-5-15-13-16(34)14-20(22(15)17)18-6-7-19-24(23(18)29)30-26(36-2)31-25(19)32-9-11-33(12-10-32)27(35)37-3;1-3-17-21(27)7-4-14-10-15(33)11-20(22(14)17)18-5-6-19-24(23(18)28)30-26(34-2)31-25(19)32-8-9-35-16(12-29)13-32;2*8-6-4-7-2-1-3-9(7)5-6/h1,5-8,13-14,34H,9-12H2,2-3H3;1,4-7,10-11,16,33H,8-9,13H2,2H3;2*6-7H,1-5H2. The lowest BCUT2D eigenvalue weighted by Crippen LogP contribution is -2.49. The Morgan fingerprint density at radius 1 is 0.611 bits per heavy atom. The minimum Gasteiger partial charge on any atom is -0.508 e. The molecule has 2 N–H and O–H groups in total. The van der Waals surface area contributed by atoms with Gasteiger partial charge in [0.15, 0.2) is 17.7 Å². The maximum atomic E-state index is 16.2. The first-order chi connectivity index (χ1) is 43.5. The van der Waals surface area contributed by atoms with Crippen LogP contribution in [0.4, 0.5) is 42.8 Å². The molecule has 14 rings (SSSR count). The summed E-state index contributed by atoms with van der Waals surface area (Å²) in [5.74, 6) is 2.61. The third-order valence-electron chi connectivity index (χ3n) is 17.3. The number of rotatable bonds is 6. The summed E-state index contributed by atoms with van der Waals surface area (Å²) in [5.41, 5.74) is 0.506. The Kier molecular flexibility index (Phi) is 18.5. The van der Waals surface area contributed by atoms with Crippen LogP contribution in [-0.2, 0) is 9.47 Å². The number of terminal acetylenes is 2. The van der Waals surface area contributed by atoms with Gasteiger partial charge in [0.1, 0.15) is 58.1 Å². The van der Waals surface area contributed by atoms with Gasteiger partial charge in [-0.05, 0) is 122 Å². The number of alkyl halides is 2. The molecule has 6 fully saturated rings. The maximum Gasteiger partial charge on any atom is 0.409 e. The molecule has 1 amide bonds. The molecule has 0 radical (unpaired) electrons. The van der Waals surface area contributed by atoms with Crippen molar-refractivity contribution in [2.45, 2.75) is 69.1 Å². The summed E-state index contributed by atoms with van der Waals surface area (Å²) in [5, 5.41) is 32.3. The highest BCUT2D eigenvalue weighted by molar-refractivity contribution is 6.05. The van der Waals surface area contributed by atoms with Gasteiger partial charge >= 0.3 is 18.1 Å². The number of carbonyl (C=O) groups excluding carboxylic acids is 1. The molecular weight excluding hydrogens is 1170 g/mol. The van der Waals surface area contributed by atoms with Crippen molar-refractivity contribution in [2.75, 3.05) is 103 Å². The van der Waals surface area contributed by atoms with E-state index in [1.165, 1.54) is 108 Å². The van der Waals surface area contributed by atoms with Gasteiger partial charge in [0.05, 0.1) is 51.7 Å². The monoisotopic (exact) mass is 1230 g/mol. The van der Waals surface area contributed by atoms with Crippen LogP contribution >= 0.6 is 0 Å². The zero-order valence-electron chi connectivity index (χ0n) is 49.7. The average molecular weight is 1240 g/mol. The Hall–Kier alpha value is -9.34. The van der Waals surface area contributed by atoms with E-state index in [1.807, 2.05) is 9.80 Å². The highest BCUT2D eigenvalue weighted by Gasteiger charge is 2.36. The number of ether oxygens (including phenoxy) is 4.